The molecule has 4 nitrogen and oxygen atoms in total. The molecule has 3 aliphatic heterocycles. The van der Waals surface area contributed by atoms with Gasteiger partial charge in [0.15, 0.2) is 5.78 Å². The molecule has 4 heteroatoms. The fraction of sp³-hybridized carbons (Fsp3) is 0.923. The number of rotatable bonds is 3. The minimum Gasteiger partial charge on any atom is -0.393 e. The van der Waals surface area contributed by atoms with Gasteiger partial charge in [0.25, 0.3) is 0 Å². The maximum Gasteiger partial charge on any atom is 0.152 e. The highest BCUT2D eigenvalue weighted by Crippen LogP contribution is 2.35. The van der Waals surface area contributed by atoms with Gasteiger partial charge in [-0.3, -0.25) is 9.69 Å². The first-order valence-corrected chi connectivity index (χ1v) is 6.78. The number of aliphatic hydroxyl groups is 1. The van der Waals surface area contributed by atoms with Crippen LogP contribution in [0, 0.1) is 5.92 Å². The van der Waals surface area contributed by atoms with E-state index in [1.54, 1.807) is 0 Å². The lowest BCUT2D eigenvalue weighted by Crippen LogP contribution is -2.47. The van der Waals surface area contributed by atoms with E-state index in [9.17, 15) is 9.90 Å². The van der Waals surface area contributed by atoms with Crippen LogP contribution in [0.3, 0.4) is 0 Å². The smallest absolute Gasteiger partial charge is 0.152 e. The molecule has 0 aliphatic carbocycles. The third-order valence-electron chi connectivity index (χ3n) is 4.58. The van der Waals surface area contributed by atoms with Crippen LogP contribution in [0.15, 0.2) is 0 Å². The second-order valence-corrected chi connectivity index (χ2v) is 5.71. The normalized spacial score (nSPS) is 41.9. The highest BCUT2D eigenvalue weighted by atomic mass is 16.5. The predicted molar refractivity (Wildman–Crippen MR) is 62.7 cm³/mol. The Morgan fingerprint density at radius 3 is 2.53 bits per heavy atom. The topological polar surface area (TPSA) is 49.8 Å². The SMILES string of the molecule is O=C(CN1C2CCC1CC(O)C2)C1CCOC1. The first kappa shape index (κ1) is 11.6. The maximum absolute atomic E-state index is 12.1. The summed E-state index contributed by atoms with van der Waals surface area (Å²) >= 11 is 0. The van der Waals surface area contributed by atoms with Crippen molar-refractivity contribution in [3.63, 3.8) is 0 Å². The van der Waals surface area contributed by atoms with Crippen molar-refractivity contribution in [3.8, 4) is 0 Å². The molecule has 3 atom stereocenters. The number of hydrogen-bond acceptors (Lipinski definition) is 4. The molecule has 0 aromatic carbocycles. The number of carbonyl (C=O) groups is 1. The number of ether oxygens (including phenoxy) is 1. The van der Waals surface area contributed by atoms with Crippen molar-refractivity contribution in [3.05, 3.63) is 0 Å². The van der Waals surface area contributed by atoms with Gasteiger partial charge in [0, 0.05) is 24.6 Å². The van der Waals surface area contributed by atoms with Gasteiger partial charge >= 0.3 is 0 Å². The summed E-state index contributed by atoms with van der Waals surface area (Å²) in [7, 11) is 0. The van der Waals surface area contributed by atoms with Crippen LogP contribution in [-0.2, 0) is 9.53 Å². The van der Waals surface area contributed by atoms with E-state index in [2.05, 4.69) is 4.90 Å². The van der Waals surface area contributed by atoms with Gasteiger partial charge in [0.2, 0.25) is 0 Å². The average Bonchev–Trinajstić information content (AvgIpc) is 2.88. The Balaban J connectivity index is 1.60. The lowest BCUT2D eigenvalue weighted by Gasteiger charge is -2.37. The third kappa shape index (κ3) is 2.26. The summed E-state index contributed by atoms with van der Waals surface area (Å²) in [6.45, 7) is 1.93. The number of carbonyl (C=O) groups excluding carboxylic acids is 1. The summed E-state index contributed by atoms with van der Waals surface area (Å²) in [5.41, 5.74) is 0. The standard InChI is InChI=1S/C13H21NO3/c15-12-5-10-1-2-11(6-12)14(10)7-13(16)9-3-4-17-8-9/h9-12,15H,1-8H2. The number of nitrogens with zero attached hydrogens (tertiary/aromatic N) is 1. The molecule has 0 saturated carbocycles. The number of fused-ring (bicyclic) bond motifs is 2. The molecule has 0 aromatic rings. The number of Topliss-reactive ketones (excluding diaryl/α,β-unsaturated/α-hetero) is 1. The van der Waals surface area contributed by atoms with Crippen LogP contribution in [0.25, 0.3) is 0 Å². The second-order valence-electron chi connectivity index (χ2n) is 5.71. The van der Waals surface area contributed by atoms with E-state index in [1.807, 2.05) is 0 Å². The summed E-state index contributed by atoms with van der Waals surface area (Å²) in [5.74, 6) is 0.469. The van der Waals surface area contributed by atoms with Crippen molar-refractivity contribution < 1.29 is 14.6 Å². The lowest BCUT2D eigenvalue weighted by molar-refractivity contribution is -0.125. The van der Waals surface area contributed by atoms with Crippen LogP contribution in [0.4, 0.5) is 0 Å². The minimum absolute atomic E-state index is 0.126. The molecule has 3 unspecified atom stereocenters. The average molecular weight is 239 g/mol. The van der Waals surface area contributed by atoms with Gasteiger partial charge in [0.05, 0.1) is 19.3 Å². The van der Waals surface area contributed by atoms with Crippen molar-refractivity contribution in [1.29, 1.82) is 0 Å². The van der Waals surface area contributed by atoms with Crippen LogP contribution < -0.4 is 0 Å². The van der Waals surface area contributed by atoms with Crippen molar-refractivity contribution in [2.75, 3.05) is 19.8 Å². The van der Waals surface area contributed by atoms with Crippen molar-refractivity contribution in [2.45, 2.75) is 50.3 Å². The molecule has 3 aliphatic rings. The van der Waals surface area contributed by atoms with E-state index in [1.165, 1.54) is 0 Å². The van der Waals surface area contributed by atoms with E-state index in [-0.39, 0.29) is 12.0 Å². The molecular formula is C13H21NO3. The molecule has 0 amide bonds. The van der Waals surface area contributed by atoms with Gasteiger partial charge in [-0.05, 0) is 32.1 Å². The van der Waals surface area contributed by atoms with Gasteiger partial charge in [-0.25, -0.2) is 0 Å². The Morgan fingerprint density at radius 1 is 1.24 bits per heavy atom. The Kier molecular flexibility index (Phi) is 3.19. The molecule has 3 heterocycles. The Hall–Kier alpha value is -0.450. The minimum atomic E-state index is -0.145. The molecule has 0 aromatic heterocycles. The number of ketones is 1. The molecule has 2 bridgehead atoms. The molecule has 3 fully saturated rings. The Labute approximate surface area is 102 Å². The first-order chi connectivity index (χ1) is 8.24. The predicted octanol–water partition coefficient (Wildman–Crippen LogP) is 0.580. The first-order valence-electron chi connectivity index (χ1n) is 6.78. The van der Waals surface area contributed by atoms with Gasteiger partial charge in [-0.1, -0.05) is 0 Å². The summed E-state index contributed by atoms with van der Waals surface area (Å²) in [5, 5.41) is 9.72. The highest BCUT2D eigenvalue weighted by molar-refractivity contribution is 5.83. The van der Waals surface area contributed by atoms with Gasteiger partial charge in [-0.2, -0.15) is 0 Å². The van der Waals surface area contributed by atoms with Gasteiger partial charge < -0.3 is 9.84 Å². The summed E-state index contributed by atoms with van der Waals surface area (Å²) in [4.78, 5) is 14.5. The van der Waals surface area contributed by atoms with Gasteiger partial charge in [0.1, 0.15) is 0 Å². The van der Waals surface area contributed by atoms with Crippen LogP contribution in [0.2, 0.25) is 0 Å². The molecule has 3 rings (SSSR count). The largest absolute Gasteiger partial charge is 0.393 e. The fourth-order valence-corrected chi connectivity index (χ4v) is 3.60. The van der Waals surface area contributed by atoms with E-state index in [0.29, 0.717) is 31.0 Å². The zero-order chi connectivity index (χ0) is 11.8. The van der Waals surface area contributed by atoms with Crippen LogP contribution in [0.1, 0.15) is 32.1 Å². The van der Waals surface area contributed by atoms with Crippen LogP contribution in [0.5, 0.6) is 0 Å². The fourth-order valence-electron chi connectivity index (χ4n) is 3.60. The quantitative estimate of drug-likeness (QED) is 0.782. The van der Waals surface area contributed by atoms with E-state index >= 15 is 0 Å². The second kappa shape index (κ2) is 4.67. The monoisotopic (exact) mass is 239 g/mol. The molecular weight excluding hydrogens is 218 g/mol. The van der Waals surface area contributed by atoms with Crippen molar-refractivity contribution >= 4 is 5.78 Å². The lowest BCUT2D eigenvalue weighted by atomic mass is 9.97. The van der Waals surface area contributed by atoms with E-state index in [0.717, 1.165) is 38.7 Å². The molecule has 3 saturated heterocycles. The molecule has 1 N–H and O–H groups in total. The van der Waals surface area contributed by atoms with E-state index < -0.39 is 0 Å². The Bertz CT molecular complexity index is 287. The van der Waals surface area contributed by atoms with Crippen LogP contribution in [-0.4, -0.2) is 53.7 Å². The maximum atomic E-state index is 12.1. The molecule has 0 radical (unpaired) electrons. The zero-order valence-electron chi connectivity index (χ0n) is 10.2. The highest BCUT2D eigenvalue weighted by Gasteiger charge is 2.41. The third-order valence-corrected chi connectivity index (χ3v) is 4.58. The summed E-state index contributed by atoms with van der Waals surface area (Å²) in [6, 6.07) is 0.880. The number of piperidine rings is 1. The molecule has 96 valence electrons. The number of aliphatic hydroxyl groups excluding tert-OH is 1. The number of hydrogen-bond donors (Lipinski definition) is 1. The Morgan fingerprint density at radius 2 is 1.94 bits per heavy atom. The van der Waals surface area contributed by atoms with Crippen molar-refractivity contribution in [2.24, 2.45) is 5.92 Å². The van der Waals surface area contributed by atoms with Crippen LogP contribution >= 0.6 is 0 Å². The van der Waals surface area contributed by atoms with Gasteiger partial charge in [-0.15, -0.1) is 0 Å². The zero-order valence-corrected chi connectivity index (χ0v) is 10.2. The summed E-state index contributed by atoms with van der Waals surface area (Å²) in [6.07, 6.45) is 4.75. The summed E-state index contributed by atoms with van der Waals surface area (Å²) < 4.78 is 5.27. The molecule has 0 spiro atoms. The van der Waals surface area contributed by atoms with Crippen molar-refractivity contribution in [1.82, 2.24) is 4.90 Å². The van der Waals surface area contributed by atoms with E-state index in [4.69, 9.17) is 4.74 Å². The molecule has 17 heavy (non-hydrogen) atoms.